The molecule has 0 saturated carbocycles. The lowest BCUT2D eigenvalue weighted by atomic mass is 10.1. The maximum atomic E-state index is 9.93. The van der Waals surface area contributed by atoms with Crippen LogP contribution in [-0.2, 0) is 6.42 Å². The monoisotopic (exact) mass is 283 g/mol. The highest BCUT2D eigenvalue weighted by Crippen LogP contribution is 2.26. The van der Waals surface area contributed by atoms with Crippen LogP contribution in [0.5, 0.6) is 0 Å². The van der Waals surface area contributed by atoms with Crippen molar-refractivity contribution in [2.24, 2.45) is 0 Å². The summed E-state index contributed by atoms with van der Waals surface area (Å²) in [6.07, 6.45) is 1.83. The van der Waals surface area contributed by atoms with Gasteiger partial charge in [0.25, 0.3) is 0 Å². The van der Waals surface area contributed by atoms with Gasteiger partial charge in [0.15, 0.2) is 0 Å². The first-order valence-corrected chi connectivity index (χ1v) is 6.25. The Balaban J connectivity index is 2.07. The molecule has 0 aliphatic rings. The minimum absolute atomic E-state index is 0.470. The molecule has 1 unspecified atom stereocenters. The van der Waals surface area contributed by atoms with Crippen molar-refractivity contribution in [1.29, 1.82) is 0 Å². The van der Waals surface area contributed by atoms with E-state index in [4.69, 9.17) is 0 Å². The van der Waals surface area contributed by atoms with Crippen LogP contribution in [0.4, 0.5) is 0 Å². The molecule has 0 aliphatic carbocycles. The first-order chi connectivity index (χ1) is 7.25. The van der Waals surface area contributed by atoms with E-state index in [2.05, 4.69) is 20.9 Å². The standard InChI is InChI=1S/C11H10BrNOS/c12-11-5-8(7-15-11)10(14)6-9-3-1-2-4-13-9/h1-5,7,10,14H,6H2. The largest absolute Gasteiger partial charge is 0.388 e. The van der Waals surface area contributed by atoms with E-state index in [1.807, 2.05) is 29.6 Å². The molecule has 15 heavy (non-hydrogen) atoms. The van der Waals surface area contributed by atoms with E-state index in [0.29, 0.717) is 6.42 Å². The third-order valence-corrected chi connectivity index (χ3v) is 3.62. The molecule has 0 aliphatic heterocycles. The van der Waals surface area contributed by atoms with Crippen molar-refractivity contribution in [2.45, 2.75) is 12.5 Å². The first-order valence-electron chi connectivity index (χ1n) is 4.57. The number of aliphatic hydroxyl groups excluding tert-OH is 1. The average molecular weight is 284 g/mol. The molecule has 2 nitrogen and oxygen atoms in total. The van der Waals surface area contributed by atoms with Gasteiger partial charge in [-0.1, -0.05) is 6.07 Å². The van der Waals surface area contributed by atoms with Crippen LogP contribution in [0, 0.1) is 0 Å². The number of halogens is 1. The fourth-order valence-electron chi connectivity index (χ4n) is 1.33. The van der Waals surface area contributed by atoms with Crippen molar-refractivity contribution < 1.29 is 5.11 Å². The Morgan fingerprint density at radius 3 is 2.93 bits per heavy atom. The van der Waals surface area contributed by atoms with Crippen LogP contribution < -0.4 is 0 Å². The quantitative estimate of drug-likeness (QED) is 0.939. The molecule has 0 amide bonds. The highest BCUT2D eigenvalue weighted by Gasteiger charge is 2.10. The molecule has 2 rings (SSSR count). The van der Waals surface area contributed by atoms with Crippen molar-refractivity contribution in [3.63, 3.8) is 0 Å². The molecular formula is C11H10BrNOS. The Morgan fingerprint density at radius 2 is 2.33 bits per heavy atom. The van der Waals surface area contributed by atoms with Crippen LogP contribution in [0.1, 0.15) is 17.4 Å². The second-order valence-electron chi connectivity index (χ2n) is 3.23. The molecular weight excluding hydrogens is 274 g/mol. The van der Waals surface area contributed by atoms with Gasteiger partial charge in [0.1, 0.15) is 0 Å². The van der Waals surface area contributed by atoms with Crippen molar-refractivity contribution in [3.8, 4) is 0 Å². The molecule has 0 aromatic carbocycles. The Labute approximate surface area is 101 Å². The number of hydrogen-bond donors (Lipinski definition) is 1. The molecule has 0 radical (unpaired) electrons. The summed E-state index contributed by atoms with van der Waals surface area (Å²) < 4.78 is 1.04. The van der Waals surface area contributed by atoms with E-state index in [0.717, 1.165) is 15.0 Å². The summed E-state index contributed by atoms with van der Waals surface area (Å²) in [5.74, 6) is 0. The second-order valence-corrected chi connectivity index (χ2v) is 5.52. The Kier molecular flexibility index (Phi) is 3.51. The molecule has 0 spiro atoms. The van der Waals surface area contributed by atoms with E-state index < -0.39 is 6.10 Å². The van der Waals surface area contributed by atoms with E-state index >= 15 is 0 Å². The Bertz CT molecular complexity index is 429. The maximum absolute atomic E-state index is 9.93. The van der Waals surface area contributed by atoms with Crippen LogP contribution >= 0.6 is 27.3 Å². The number of pyridine rings is 1. The number of thiophene rings is 1. The topological polar surface area (TPSA) is 33.1 Å². The van der Waals surface area contributed by atoms with Gasteiger partial charge in [0, 0.05) is 18.3 Å². The van der Waals surface area contributed by atoms with Gasteiger partial charge in [-0.3, -0.25) is 4.98 Å². The van der Waals surface area contributed by atoms with Crippen molar-refractivity contribution in [2.75, 3.05) is 0 Å². The van der Waals surface area contributed by atoms with Crippen molar-refractivity contribution >= 4 is 27.3 Å². The van der Waals surface area contributed by atoms with E-state index in [-0.39, 0.29) is 0 Å². The van der Waals surface area contributed by atoms with Gasteiger partial charge in [0.05, 0.1) is 9.89 Å². The van der Waals surface area contributed by atoms with Gasteiger partial charge in [-0.15, -0.1) is 11.3 Å². The lowest BCUT2D eigenvalue weighted by Crippen LogP contribution is -2.01. The van der Waals surface area contributed by atoms with E-state index in [1.54, 1.807) is 17.5 Å². The summed E-state index contributed by atoms with van der Waals surface area (Å²) in [6, 6.07) is 7.67. The van der Waals surface area contributed by atoms with E-state index in [9.17, 15) is 5.11 Å². The number of aliphatic hydroxyl groups is 1. The molecule has 78 valence electrons. The Hall–Kier alpha value is -0.710. The van der Waals surface area contributed by atoms with Gasteiger partial charge in [-0.05, 0) is 45.1 Å². The molecule has 2 heterocycles. The second kappa shape index (κ2) is 4.88. The Morgan fingerprint density at radius 1 is 1.47 bits per heavy atom. The molecule has 4 heteroatoms. The number of rotatable bonds is 3. The molecule has 0 saturated heterocycles. The minimum Gasteiger partial charge on any atom is -0.388 e. The minimum atomic E-state index is -0.470. The third-order valence-electron chi connectivity index (χ3n) is 2.10. The summed E-state index contributed by atoms with van der Waals surface area (Å²) in [7, 11) is 0. The molecule has 0 bridgehead atoms. The van der Waals surface area contributed by atoms with Gasteiger partial charge < -0.3 is 5.11 Å². The van der Waals surface area contributed by atoms with E-state index in [1.165, 1.54) is 0 Å². The van der Waals surface area contributed by atoms with Crippen LogP contribution in [-0.4, -0.2) is 10.1 Å². The summed E-state index contributed by atoms with van der Waals surface area (Å²) in [4.78, 5) is 4.18. The molecule has 1 N–H and O–H groups in total. The molecule has 0 fully saturated rings. The normalized spacial score (nSPS) is 12.7. The summed E-state index contributed by atoms with van der Waals surface area (Å²) in [5.41, 5.74) is 1.85. The molecule has 2 aromatic rings. The van der Waals surface area contributed by atoms with Crippen molar-refractivity contribution in [1.82, 2.24) is 4.98 Å². The number of hydrogen-bond acceptors (Lipinski definition) is 3. The van der Waals surface area contributed by atoms with Crippen molar-refractivity contribution in [3.05, 3.63) is 50.9 Å². The summed E-state index contributed by atoms with van der Waals surface area (Å²) in [5, 5.41) is 11.9. The zero-order chi connectivity index (χ0) is 10.7. The first kappa shape index (κ1) is 10.8. The van der Waals surface area contributed by atoms with Gasteiger partial charge >= 0.3 is 0 Å². The SMILES string of the molecule is OC(Cc1ccccn1)c1csc(Br)c1. The van der Waals surface area contributed by atoms with Gasteiger partial charge in [-0.2, -0.15) is 0 Å². The third kappa shape index (κ3) is 2.87. The average Bonchev–Trinajstić information content (AvgIpc) is 2.66. The lowest BCUT2D eigenvalue weighted by molar-refractivity contribution is 0.177. The predicted molar refractivity (Wildman–Crippen MR) is 64.9 cm³/mol. The smallest absolute Gasteiger partial charge is 0.0853 e. The summed E-state index contributed by atoms with van der Waals surface area (Å²) >= 11 is 4.96. The molecule has 1 atom stereocenters. The highest BCUT2D eigenvalue weighted by atomic mass is 79.9. The zero-order valence-electron chi connectivity index (χ0n) is 7.93. The fourth-order valence-corrected chi connectivity index (χ4v) is 2.56. The zero-order valence-corrected chi connectivity index (χ0v) is 10.3. The van der Waals surface area contributed by atoms with Gasteiger partial charge in [0.2, 0.25) is 0 Å². The lowest BCUT2D eigenvalue weighted by Gasteiger charge is -2.07. The van der Waals surface area contributed by atoms with Gasteiger partial charge in [-0.25, -0.2) is 0 Å². The number of nitrogens with zero attached hydrogens (tertiary/aromatic N) is 1. The summed E-state index contributed by atoms with van der Waals surface area (Å²) in [6.45, 7) is 0. The van der Waals surface area contributed by atoms with Crippen LogP contribution in [0.3, 0.4) is 0 Å². The predicted octanol–water partition coefficient (Wildman–Crippen LogP) is 3.18. The maximum Gasteiger partial charge on any atom is 0.0853 e. The van der Waals surface area contributed by atoms with Crippen LogP contribution in [0.25, 0.3) is 0 Å². The highest BCUT2D eigenvalue weighted by molar-refractivity contribution is 9.11. The van der Waals surface area contributed by atoms with Crippen LogP contribution in [0.2, 0.25) is 0 Å². The fraction of sp³-hybridized carbons (Fsp3) is 0.182. The van der Waals surface area contributed by atoms with Crippen LogP contribution in [0.15, 0.2) is 39.6 Å². The molecule has 2 aromatic heterocycles. The number of aromatic nitrogens is 1.